The molecule has 0 unspecified atom stereocenters. The lowest BCUT2D eigenvalue weighted by Gasteiger charge is -2.23. The van der Waals surface area contributed by atoms with Crippen molar-refractivity contribution in [1.29, 1.82) is 0 Å². The Hall–Kier alpha value is -4.43. The molecule has 0 radical (unpaired) electrons. The maximum Gasteiger partial charge on any atom is 0.259 e. The van der Waals surface area contributed by atoms with Crippen LogP contribution in [0.4, 0.5) is 5.69 Å². The molecule has 210 valence electrons. The number of anilines is 1. The van der Waals surface area contributed by atoms with E-state index in [2.05, 4.69) is 5.32 Å². The zero-order valence-corrected chi connectivity index (χ0v) is 23.9. The zero-order valence-electron chi connectivity index (χ0n) is 23.1. The summed E-state index contributed by atoms with van der Waals surface area (Å²) in [5, 5.41) is 2.97. The van der Waals surface area contributed by atoms with Crippen LogP contribution in [-0.4, -0.2) is 35.8 Å². The fourth-order valence-corrected chi connectivity index (χ4v) is 6.15. The molecule has 1 heterocycles. The van der Waals surface area contributed by atoms with Crippen molar-refractivity contribution in [3.05, 3.63) is 113 Å². The van der Waals surface area contributed by atoms with E-state index in [1.54, 1.807) is 47.4 Å². The number of ether oxygens (including phenoxy) is 2. The third-order valence-electron chi connectivity index (χ3n) is 6.76. The van der Waals surface area contributed by atoms with Gasteiger partial charge in [0.05, 0.1) is 51.6 Å². The Morgan fingerprint density at radius 1 is 0.805 bits per heavy atom. The average Bonchev–Trinajstić information content (AvgIpc) is 3.08. The summed E-state index contributed by atoms with van der Waals surface area (Å²) in [6, 6.07) is 27.4. The van der Waals surface area contributed by atoms with Gasteiger partial charge >= 0.3 is 0 Å². The lowest BCUT2D eigenvalue weighted by molar-refractivity contribution is 0.0950. The van der Waals surface area contributed by atoms with E-state index in [0.29, 0.717) is 64.3 Å². The predicted octanol–water partition coefficient (Wildman–Crippen LogP) is 5.78. The number of carbonyl (C=O) groups is 2. The molecule has 0 saturated carbocycles. The highest BCUT2D eigenvalue weighted by Crippen LogP contribution is 2.36. The van der Waals surface area contributed by atoms with Crippen LogP contribution in [0.5, 0.6) is 11.5 Å². The highest BCUT2D eigenvalue weighted by molar-refractivity contribution is 7.85. The van der Waals surface area contributed by atoms with Gasteiger partial charge < -0.3 is 19.7 Å². The number of hydrogen-bond acceptors (Lipinski definition) is 5. The van der Waals surface area contributed by atoms with Crippen molar-refractivity contribution in [1.82, 2.24) is 5.32 Å². The van der Waals surface area contributed by atoms with Crippen molar-refractivity contribution in [2.75, 3.05) is 24.7 Å². The van der Waals surface area contributed by atoms with Crippen molar-refractivity contribution >= 4 is 28.3 Å². The standard InChI is InChI=1S/C33H32N2O5S/c1-3-39-28-16-14-23(20-29(28)40-4-2)18-19-34-32(36)25-15-17-31-27(21-25)35(22-24-10-6-5-7-11-24)33(37)26-12-8-9-13-30(26)41(31)38/h5-17,20-21H,3-4,18-19,22H2,1-2H3,(H,34,36)/t41-/m1/s1. The molecule has 41 heavy (non-hydrogen) atoms. The Morgan fingerprint density at radius 3 is 2.32 bits per heavy atom. The van der Waals surface area contributed by atoms with Crippen LogP contribution in [-0.2, 0) is 23.8 Å². The lowest BCUT2D eigenvalue weighted by Crippen LogP contribution is -2.31. The average molecular weight is 569 g/mol. The Morgan fingerprint density at radius 2 is 1.54 bits per heavy atom. The Bertz CT molecular complexity index is 1590. The molecule has 1 atom stereocenters. The Kier molecular flexibility index (Phi) is 8.79. The van der Waals surface area contributed by atoms with Gasteiger partial charge in [0.25, 0.3) is 11.8 Å². The zero-order chi connectivity index (χ0) is 28.8. The van der Waals surface area contributed by atoms with Crippen molar-refractivity contribution in [2.24, 2.45) is 0 Å². The van der Waals surface area contributed by atoms with Gasteiger partial charge in [-0.3, -0.25) is 9.59 Å². The number of nitrogens with zero attached hydrogens (tertiary/aromatic N) is 1. The van der Waals surface area contributed by atoms with E-state index in [-0.39, 0.29) is 18.4 Å². The molecule has 1 aliphatic rings. The smallest absolute Gasteiger partial charge is 0.259 e. The monoisotopic (exact) mass is 568 g/mol. The molecule has 5 rings (SSSR count). The van der Waals surface area contributed by atoms with Crippen molar-refractivity contribution in [2.45, 2.75) is 36.6 Å². The van der Waals surface area contributed by atoms with Crippen LogP contribution in [0.25, 0.3) is 0 Å². The summed E-state index contributed by atoms with van der Waals surface area (Å²) in [7, 11) is -1.58. The number of amides is 2. The molecule has 0 spiro atoms. The fraction of sp³-hybridized carbons (Fsp3) is 0.212. The molecule has 0 aromatic heterocycles. The fourth-order valence-electron chi connectivity index (χ4n) is 4.80. The van der Waals surface area contributed by atoms with E-state index >= 15 is 0 Å². The van der Waals surface area contributed by atoms with E-state index < -0.39 is 10.8 Å². The Labute approximate surface area is 242 Å². The van der Waals surface area contributed by atoms with Crippen molar-refractivity contribution in [3.8, 4) is 11.5 Å². The van der Waals surface area contributed by atoms with E-state index in [1.807, 2.05) is 62.4 Å². The predicted molar refractivity (Wildman–Crippen MR) is 159 cm³/mol. The van der Waals surface area contributed by atoms with Crippen molar-refractivity contribution in [3.63, 3.8) is 0 Å². The van der Waals surface area contributed by atoms with E-state index in [1.165, 1.54) is 0 Å². The molecule has 1 N–H and O–H groups in total. The summed E-state index contributed by atoms with van der Waals surface area (Å²) < 4.78 is 25.0. The minimum absolute atomic E-state index is 0.255. The molecule has 0 fully saturated rings. The van der Waals surface area contributed by atoms with Gasteiger partial charge in [0.15, 0.2) is 11.5 Å². The summed E-state index contributed by atoms with van der Waals surface area (Å²) in [5.41, 5.74) is 3.18. The summed E-state index contributed by atoms with van der Waals surface area (Å²) in [6.07, 6.45) is 0.598. The first kappa shape index (κ1) is 28.1. The molecule has 4 aromatic rings. The molecule has 7 nitrogen and oxygen atoms in total. The van der Waals surface area contributed by atoms with Gasteiger partial charge in [-0.1, -0.05) is 48.5 Å². The SMILES string of the molecule is CCOc1ccc(CCNC(=O)c2ccc3c(c2)N(Cc2ccccc2)C(=O)c2ccccc2[S@]3=O)cc1OCC. The van der Waals surface area contributed by atoms with Crippen LogP contribution in [0.1, 0.15) is 45.7 Å². The van der Waals surface area contributed by atoms with E-state index in [4.69, 9.17) is 9.47 Å². The van der Waals surface area contributed by atoms with Gasteiger partial charge in [-0.25, -0.2) is 4.21 Å². The van der Waals surface area contributed by atoms with Gasteiger partial charge in [-0.15, -0.1) is 0 Å². The normalized spacial score (nSPS) is 14.0. The first-order valence-corrected chi connectivity index (χ1v) is 14.8. The largest absolute Gasteiger partial charge is 0.490 e. The number of rotatable bonds is 10. The Balaban J connectivity index is 1.39. The van der Waals surface area contributed by atoms with Crippen LogP contribution in [0.3, 0.4) is 0 Å². The lowest BCUT2D eigenvalue weighted by atomic mass is 10.1. The molecule has 0 saturated heterocycles. The topological polar surface area (TPSA) is 84.9 Å². The second-order valence-corrected chi connectivity index (χ2v) is 10.9. The molecule has 2 amide bonds. The quantitative estimate of drug-likeness (QED) is 0.262. The molecule has 1 aliphatic heterocycles. The van der Waals surface area contributed by atoms with Gasteiger partial charge in [0.2, 0.25) is 0 Å². The molecule has 4 aromatic carbocycles. The first-order chi connectivity index (χ1) is 20.0. The maximum atomic E-state index is 13.8. The van der Waals surface area contributed by atoms with Crippen LogP contribution >= 0.6 is 0 Å². The third-order valence-corrected chi connectivity index (χ3v) is 8.26. The number of nitrogens with one attached hydrogen (secondary N) is 1. The summed E-state index contributed by atoms with van der Waals surface area (Å²) >= 11 is 0. The van der Waals surface area contributed by atoms with Gasteiger partial charge in [0, 0.05) is 12.1 Å². The van der Waals surface area contributed by atoms with Crippen LogP contribution in [0, 0.1) is 0 Å². The van der Waals surface area contributed by atoms with Gasteiger partial charge in [-0.05, 0) is 73.9 Å². The maximum absolute atomic E-state index is 13.8. The number of benzene rings is 4. The highest BCUT2D eigenvalue weighted by atomic mass is 32.2. The summed E-state index contributed by atoms with van der Waals surface area (Å²) in [6.45, 7) is 5.60. The summed E-state index contributed by atoms with van der Waals surface area (Å²) in [4.78, 5) is 29.6. The van der Waals surface area contributed by atoms with E-state index in [0.717, 1.165) is 11.1 Å². The third kappa shape index (κ3) is 6.18. The second kappa shape index (κ2) is 12.8. The molecule has 0 bridgehead atoms. The summed E-state index contributed by atoms with van der Waals surface area (Å²) in [5.74, 6) is 0.848. The molecular formula is C33H32N2O5S. The van der Waals surface area contributed by atoms with Gasteiger partial charge in [-0.2, -0.15) is 0 Å². The van der Waals surface area contributed by atoms with Crippen molar-refractivity contribution < 1.29 is 23.3 Å². The molecule has 8 heteroatoms. The number of carbonyl (C=O) groups excluding carboxylic acids is 2. The second-order valence-electron chi connectivity index (χ2n) is 9.48. The van der Waals surface area contributed by atoms with Crippen LogP contribution in [0.15, 0.2) is 101 Å². The highest BCUT2D eigenvalue weighted by Gasteiger charge is 2.31. The number of hydrogen-bond donors (Lipinski definition) is 1. The minimum Gasteiger partial charge on any atom is -0.490 e. The van der Waals surface area contributed by atoms with Crippen LogP contribution < -0.4 is 19.7 Å². The van der Waals surface area contributed by atoms with Gasteiger partial charge in [0.1, 0.15) is 0 Å². The van der Waals surface area contributed by atoms with Crippen LogP contribution in [0.2, 0.25) is 0 Å². The number of fused-ring (bicyclic) bond motifs is 2. The minimum atomic E-state index is -1.58. The molecule has 0 aliphatic carbocycles. The van der Waals surface area contributed by atoms with E-state index in [9.17, 15) is 13.8 Å². The first-order valence-electron chi connectivity index (χ1n) is 13.7. The molecular weight excluding hydrogens is 536 g/mol.